The van der Waals surface area contributed by atoms with Gasteiger partial charge < -0.3 is 25.7 Å². The van der Waals surface area contributed by atoms with E-state index in [-0.39, 0.29) is 34.6 Å². The second-order valence-electron chi connectivity index (χ2n) is 10.9. The van der Waals surface area contributed by atoms with Crippen LogP contribution in [0.2, 0.25) is 5.02 Å². The van der Waals surface area contributed by atoms with Crippen molar-refractivity contribution in [2.75, 3.05) is 7.11 Å². The molecule has 0 fully saturated rings. The monoisotopic (exact) mass is 572 g/mol. The zero-order valence-electron chi connectivity index (χ0n) is 22.8. The van der Waals surface area contributed by atoms with Crippen molar-refractivity contribution >= 4 is 23.6 Å². The smallest absolute Gasteiger partial charge is 0.404 e. The van der Waals surface area contributed by atoms with Crippen LogP contribution in [0, 0.1) is 17.0 Å². The first kappa shape index (κ1) is 29.1. The standard InChI is InChI=1S/C30H31ClF2N2O5/c1-15-22-20(13-18(32)25(31)24(22)23-17(27(34)36)11-12-19(38-5)26(23)33)40-30(15,16-9-7-6-8-10-16)14-21(29(2,3)4)39-28(35)37/h6-13,15,21H,14H2,1-5H3,(H2,34,36)(H2,35,37). The van der Waals surface area contributed by atoms with E-state index >= 15 is 8.78 Å². The molecule has 0 aromatic heterocycles. The zero-order chi connectivity index (χ0) is 29.6. The van der Waals surface area contributed by atoms with Gasteiger partial charge in [-0.3, -0.25) is 4.79 Å². The van der Waals surface area contributed by atoms with Gasteiger partial charge >= 0.3 is 6.09 Å². The predicted molar refractivity (Wildman–Crippen MR) is 148 cm³/mol. The lowest BCUT2D eigenvalue weighted by Crippen LogP contribution is -2.44. The first-order valence-electron chi connectivity index (χ1n) is 12.6. The summed E-state index contributed by atoms with van der Waals surface area (Å²) in [5.74, 6) is -3.46. The molecule has 1 aliphatic heterocycles. The third-order valence-corrected chi connectivity index (χ3v) is 7.83. The molecule has 3 aromatic rings. The molecule has 0 saturated heterocycles. The number of carbonyl (C=O) groups excluding carboxylic acids is 2. The Morgan fingerprint density at radius 3 is 2.30 bits per heavy atom. The van der Waals surface area contributed by atoms with Crippen molar-refractivity contribution < 1.29 is 32.6 Å². The highest BCUT2D eigenvalue weighted by Crippen LogP contribution is 2.58. The fourth-order valence-corrected chi connectivity index (χ4v) is 5.61. The maximum atomic E-state index is 15.9. The van der Waals surface area contributed by atoms with E-state index in [1.54, 1.807) is 0 Å². The lowest BCUT2D eigenvalue weighted by molar-refractivity contribution is -0.0379. The van der Waals surface area contributed by atoms with Gasteiger partial charge in [-0.05, 0) is 23.1 Å². The summed E-state index contributed by atoms with van der Waals surface area (Å²) in [7, 11) is 1.27. The van der Waals surface area contributed by atoms with Gasteiger partial charge in [0.25, 0.3) is 0 Å². The van der Waals surface area contributed by atoms with E-state index in [0.717, 1.165) is 6.07 Å². The molecular formula is C30H31ClF2N2O5. The minimum absolute atomic E-state index is 0.0738. The number of amides is 2. The van der Waals surface area contributed by atoms with Gasteiger partial charge in [-0.25, -0.2) is 13.6 Å². The molecule has 0 bridgehead atoms. The summed E-state index contributed by atoms with van der Waals surface area (Å²) in [6.45, 7) is 7.49. The first-order chi connectivity index (χ1) is 18.7. The summed E-state index contributed by atoms with van der Waals surface area (Å²) in [5, 5.41) is -0.409. The van der Waals surface area contributed by atoms with E-state index in [4.69, 9.17) is 37.3 Å². The highest BCUT2D eigenvalue weighted by atomic mass is 35.5. The highest BCUT2D eigenvalue weighted by molar-refractivity contribution is 6.34. The lowest BCUT2D eigenvalue weighted by Gasteiger charge is -2.40. The second-order valence-corrected chi connectivity index (χ2v) is 11.3. The summed E-state index contributed by atoms with van der Waals surface area (Å²) in [4.78, 5) is 24.3. The number of benzene rings is 3. The van der Waals surface area contributed by atoms with Gasteiger partial charge in [0.2, 0.25) is 5.91 Å². The van der Waals surface area contributed by atoms with Gasteiger partial charge in [0.1, 0.15) is 23.3 Å². The van der Waals surface area contributed by atoms with Crippen molar-refractivity contribution in [2.45, 2.75) is 51.7 Å². The molecule has 7 nitrogen and oxygen atoms in total. The second kappa shape index (κ2) is 10.6. The van der Waals surface area contributed by atoms with Crippen molar-refractivity contribution in [3.05, 3.63) is 81.9 Å². The molecule has 10 heteroatoms. The molecule has 4 N–H and O–H groups in total. The molecule has 3 aromatic carbocycles. The van der Waals surface area contributed by atoms with E-state index in [1.807, 2.05) is 58.0 Å². The van der Waals surface area contributed by atoms with Crippen LogP contribution in [0.5, 0.6) is 11.5 Å². The van der Waals surface area contributed by atoms with Gasteiger partial charge in [-0.2, -0.15) is 0 Å². The molecule has 1 heterocycles. The Balaban J connectivity index is 2.04. The van der Waals surface area contributed by atoms with Crippen LogP contribution in [-0.4, -0.2) is 25.2 Å². The Morgan fingerprint density at radius 1 is 1.10 bits per heavy atom. The first-order valence-corrected chi connectivity index (χ1v) is 13.0. The SMILES string of the molecule is COc1ccc(C(N)=O)c(-c2c(Cl)c(F)cc3c2C(C)C(CC(OC(N)=O)C(C)(C)C)(c2ccccc2)O3)c1F. The molecule has 3 unspecified atom stereocenters. The molecule has 2 amide bonds. The van der Waals surface area contributed by atoms with Crippen LogP contribution in [0.15, 0.2) is 48.5 Å². The molecule has 40 heavy (non-hydrogen) atoms. The Hall–Kier alpha value is -3.85. The van der Waals surface area contributed by atoms with Crippen LogP contribution >= 0.6 is 11.6 Å². The Labute approximate surface area is 236 Å². The van der Waals surface area contributed by atoms with E-state index in [9.17, 15) is 9.59 Å². The zero-order valence-corrected chi connectivity index (χ0v) is 23.6. The highest BCUT2D eigenvalue weighted by Gasteiger charge is 2.53. The summed E-state index contributed by atoms with van der Waals surface area (Å²) >= 11 is 6.53. The Kier molecular flexibility index (Phi) is 7.73. The molecule has 3 atom stereocenters. The van der Waals surface area contributed by atoms with Crippen molar-refractivity contribution in [3.8, 4) is 22.6 Å². The molecule has 0 spiro atoms. The fraction of sp³-hybridized carbons (Fsp3) is 0.333. The number of rotatable bonds is 7. The quantitative estimate of drug-likeness (QED) is 0.327. The third-order valence-electron chi connectivity index (χ3n) is 7.46. The maximum absolute atomic E-state index is 15.9. The number of fused-ring (bicyclic) bond motifs is 1. The minimum Gasteiger partial charge on any atom is -0.494 e. The molecule has 212 valence electrons. The van der Waals surface area contributed by atoms with E-state index in [2.05, 4.69) is 0 Å². The number of carbonyl (C=O) groups is 2. The van der Waals surface area contributed by atoms with Crippen molar-refractivity contribution in [3.63, 3.8) is 0 Å². The lowest BCUT2D eigenvalue weighted by atomic mass is 9.71. The average Bonchev–Trinajstić information content (AvgIpc) is 3.16. The molecule has 1 aliphatic rings. The maximum Gasteiger partial charge on any atom is 0.404 e. The van der Waals surface area contributed by atoms with Crippen LogP contribution in [0.3, 0.4) is 0 Å². The number of nitrogens with two attached hydrogens (primary N) is 2. The van der Waals surface area contributed by atoms with Crippen LogP contribution in [0.1, 0.15) is 61.5 Å². The van der Waals surface area contributed by atoms with Gasteiger partial charge in [-0.1, -0.05) is 69.6 Å². The average molecular weight is 573 g/mol. The normalized spacial score (nSPS) is 18.9. The van der Waals surface area contributed by atoms with Crippen LogP contribution in [0.25, 0.3) is 11.1 Å². The molecule has 0 radical (unpaired) electrons. The Bertz CT molecular complexity index is 1480. The number of hydrogen-bond acceptors (Lipinski definition) is 5. The van der Waals surface area contributed by atoms with Gasteiger partial charge in [0, 0.05) is 35.1 Å². The van der Waals surface area contributed by atoms with Crippen molar-refractivity contribution in [2.24, 2.45) is 16.9 Å². The predicted octanol–water partition coefficient (Wildman–Crippen LogP) is 6.68. The summed E-state index contributed by atoms with van der Waals surface area (Å²) < 4.78 is 48.6. The molecular weight excluding hydrogens is 542 g/mol. The van der Waals surface area contributed by atoms with Gasteiger partial charge in [0.05, 0.1) is 17.7 Å². The van der Waals surface area contributed by atoms with Crippen LogP contribution in [0.4, 0.5) is 13.6 Å². The Morgan fingerprint density at radius 2 is 1.75 bits per heavy atom. The van der Waals surface area contributed by atoms with Crippen LogP contribution < -0.4 is 20.9 Å². The third kappa shape index (κ3) is 4.94. The number of halogens is 3. The molecule has 0 saturated carbocycles. The summed E-state index contributed by atoms with van der Waals surface area (Å²) in [6, 6.07) is 12.8. The summed E-state index contributed by atoms with van der Waals surface area (Å²) in [6.07, 6.45) is -1.58. The van der Waals surface area contributed by atoms with Crippen molar-refractivity contribution in [1.29, 1.82) is 0 Å². The number of methoxy groups -OCH3 is 1. The summed E-state index contributed by atoms with van der Waals surface area (Å²) in [5.41, 5.74) is 9.71. The van der Waals surface area contributed by atoms with Crippen LogP contribution in [-0.2, 0) is 10.3 Å². The van der Waals surface area contributed by atoms with E-state index in [1.165, 1.54) is 19.2 Å². The fourth-order valence-electron chi connectivity index (χ4n) is 5.36. The number of primary amides is 2. The number of hydrogen-bond donors (Lipinski definition) is 2. The van der Waals surface area contributed by atoms with Crippen molar-refractivity contribution in [1.82, 2.24) is 0 Å². The van der Waals surface area contributed by atoms with E-state index < -0.39 is 51.7 Å². The minimum atomic E-state index is -1.23. The van der Waals surface area contributed by atoms with E-state index in [0.29, 0.717) is 11.1 Å². The molecule has 4 rings (SSSR count). The topological polar surface area (TPSA) is 114 Å². The van der Waals surface area contributed by atoms with Gasteiger partial charge in [0.15, 0.2) is 11.6 Å². The number of ether oxygens (including phenoxy) is 3. The molecule has 0 aliphatic carbocycles. The largest absolute Gasteiger partial charge is 0.494 e. The van der Waals surface area contributed by atoms with Gasteiger partial charge in [-0.15, -0.1) is 0 Å².